The summed E-state index contributed by atoms with van der Waals surface area (Å²) in [5.74, 6) is 1.96. The minimum absolute atomic E-state index is 0.202. The van der Waals surface area contributed by atoms with Crippen LogP contribution in [-0.4, -0.2) is 27.2 Å². The molecule has 0 aliphatic carbocycles. The third-order valence-electron chi connectivity index (χ3n) is 4.19. The molecule has 3 rings (SSSR count). The molecular weight excluding hydrogens is 342 g/mol. The van der Waals surface area contributed by atoms with Gasteiger partial charge in [0.15, 0.2) is 0 Å². The number of carbonyl (C=O) groups excluding carboxylic acids is 1. The highest BCUT2D eigenvalue weighted by atomic mass is 16.5. The number of amides is 1. The molecule has 0 spiro atoms. The molecule has 0 aliphatic rings. The van der Waals surface area contributed by atoms with Gasteiger partial charge in [0.1, 0.15) is 17.2 Å². The first-order valence-corrected chi connectivity index (χ1v) is 8.42. The summed E-state index contributed by atoms with van der Waals surface area (Å²) < 4.78 is 15.9. The largest absolute Gasteiger partial charge is 0.497 e. The predicted molar refractivity (Wildman–Crippen MR) is 106 cm³/mol. The molecule has 0 unspecified atom stereocenters. The smallest absolute Gasteiger partial charge is 0.255 e. The van der Waals surface area contributed by atoms with Gasteiger partial charge < -0.3 is 19.5 Å². The van der Waals surface area contributed by atoms with Crippen LogP contribution in [-0.2, 0) is 0 Å². The molecule has 0 radical (unpaired) electrons. The standard InChI is InChI=1S/C22H21NO4/c1-25-18-10-8-17(9-11-18)23-22(24)16-7-12-21(27-3)20(14-16)15-5-4-6-19(13-15)26-2/h4-14H,1-3H3,(H,23,24). The lowest BCUT2D eigenvalue weighted by Crippen LogP contribution is -2.12. The highest BCUT2D eigenvalue weighted by molar-refractivity contribution is 6.05. The van der Waals surface area contributed by atoms with Gasteiger partial charge >= 0.3 is 0 Å². The molecule has 0 saturated heterocycles. The Morgan fingerprint density at radius 1 is 0.778 bits per heavy atom. The number of carbonyl (C=O) groups is 1. The molecule has 0 bridgehead atoms. The summed E-state index contributed by atoms with van der Waals surface area (Å²) in [7, 11) is 4.83. The lowest BCUT2D eigenvalue weighted by molar-refractivity contribution is 0.102. The van der Waals surface area contributed by atoms with Crippen LogP contribution in [0.4, 0.5) is 5.69 Å². The first-order valence-electron chi connectivity index (χ1n) is 8.42. The van der Waals surface area contributed by atoms with Crippen LogP contribution < -0.4 is 19.5 Å². The van der Waals surface area contributed by atoms with E-state index in [0.29, 0.717) is 17.0 Å². The fourth-order valence-corrected chi connectivity index (χ4v) is 2.74. The molecule has 1 N–H and O–H groups in total. The van der Waals surface area contributed by atoms with Crippen LogP contribution in [0.2, 0.25) is 0 Å². The monoisotopic (exact) mass is 363 g/mol. The molecule has 27 heavy (non-hydrogen) atoms. The Labute approximate surface area is 158 Å². The lowest BCUT2D eigenvalue weighted by atomic mass is 10.0. The van der Waals surface area contributed by atoms with Crippen LogP contribution in [0.15, 0.2) is 66.7 Å². The molecule has 0 atom stereocenters. The van der Waals surface area contributed by atoms with E-state index in [1.54, 1.807) is 57.7 Å². The van der Waals surface area contributed by atoms with E-state index < -0.39 is 0 Å². The second-order valence-corrected chi connectivity index (χ2v) is 5.83. The molecule has 1 amide bonds. The number of rotatable bonds is 6. The van der Waals surface area contributed by atoms with Crippen LogP contribution in [0.5, 0.6) is 17.2 Å². The van der Waals surface area contributed by atoms with Crippen molar-refractivity contribution in [3.05, 3.63) is 72.3 Å². The average Bonchev–Trinajstić information content (AvgIpc) is 2.73. The number of nitrogens with one attached hydrogen (secondary N) is 1. The van der Waals surface area contributed by atoms with Gasteiger partial charge in [0.05, 0.1) is 21.3 Å². The number of anilines is 1. The van der Waals surface area contributed by atoms with Crippen molar-refractivity contribution >= 4 is 11.6 Å². The number of ether oxygens (including phenoxy) is 3. The summed E-state index contributed by atoms with van der Waals surface area (Å²) in [6, 6.07) is 20.1. The van der Waals surface area contributed by atoms with Crippen molar-refractivity contribution in [1.82, 2.24) is 0 Å². The highest BCUT2D eigenvalue weighted by Crippen LogP contribution is 2.33. The Morgan fingerprint density at radius 2 is 1.52 bits per heavy atom. The average molecular weight is 363 g/mol. The minimum atomic E-state index is -0.202. The molecular formula is C22H21NO4. The zero-order valence-corrected chi connectivity index (χ0v) is 15.5. The van der Waals surface area contributed by atoms with Crippen LogP contribution >= 0.6 is 0 Å². The number of hydrogen-bond acceptors (Lipinski definition) is 4. The van der Waals surface area contributed by atoms with Gasteiger partial charge in [-0.05, 0) is 60.2 Å². The van der Waals surface area contributed by atoms with Crippen molar-refractivity contribution in [3.8, 4) is 28.4 Å². The second kappa shape index (κ2) is 8.27. The van der Waals surface area contributed by atoms with E-state index in [0.717, 1.165) is 22.6 Å². The molecule has 5 nitrogen and oxygen atoms in total. The SMILES string of the molecule is COc1ccc(NC(=O)c2ccc(OC)c(-c3cccc(OC)c3)c2)cc1. The Balaban J connectivity index is 1.90. The number of benzene rings is 3. The first kappa shape index (κ1) is 18.3. The number of methoxy groups -OCH3 is 3. The molecule has 0 fully saturated rings. The zero-order valence-electron chi connectivity index (χ0n) is 15.5. The third-order valence-corrected chi connectivity index (χ3v) is 4.19. The number of hydrogen-bond donors (Lipinski definition) is 1. The summed E-state index contributed by atoms with van der Waals surface area (Å²) in [5, 5.41) is 2.89. The molecule has 5 heteroatoms. The maximum atomic E-state index is 12.7. The third kappa shape index (κ3) is 4.20. The van der Waals surface area contributed by atoms with Gasteiger partial charge in [0, 0.05) is 16.8 Å². The van der Waals surface area contributed by atoms with Crippen LogP contribution in [0, 0.1) is 0 Å². The van der Waals surface area contributed by atoms with Crippen LogP contribution in [0.3, 0.4) is 0 Å². The van der Waals surface area contributed by atoms with Crippen molar-refractivity contribution in [1.29, 1.82) is 0 Å². The van der Waals surface area contributed by atoms with Crippen LogP contribution in [0.1, 0.15) is 10.4 Å². The van der Waals surface area contributed by atoms with Crippen molar-refractivity contribution in [2.24, 2.45) is 0 Å². The van der Waals surface area contributed by atoms with E-state index in [1.807, 2.05) is 30.3 Å². The van der Waals surface area contributed by atoms with Gasteiger partial charge in [-0.3, -0.25) is 4.79 Å². The van der Waals surface area contributed by atoms with E-state index in [-0.39, 0.29) is 5.91 Å². The Morgan fingerprint density at radius 3 is 2.19 bits per heavy atom. The highest BCUT2D eigenvalue weighted by Gasteiger charge is 2.13. The fraction of sp³-hybridized carbons (Fsp3) is 0.136. The van der Waals surface area contributed by atoms with E-state index in [2.05, 4.69) is 5.32 Å². The van der Waals surface area contributed by atoms with Gasteiger partial charge in [0.25, 0.3) is 5.91 Å². The van der Waals surface area contributed by atoms with Gasteiger partial charge in [-0.15, -0.1) is 0 Å². The summed E-state index contributed by atoms with van der Waals surface area (Å²) in [6.45, 7) is 0. The molecule has 3 aromatic carbocycles. The molecule has 3 aromatic rings. The Hall–Kier alpha value is -3.47. The van der Waals surface area contributed by atoms with E-state index in [4.69, 9.17) is 14.2 Å². The normalized spacial score (nSPS) is 10.2. The van der Waals surface area contributed by atoms with Gasteiger partial charge in [-0.25, -0.2) is 0 Å². The summed E-state index contributed by atoms with van der Waals surface area (Å²) in [6.07, 6.45) is 0. The predicted octanol–water partition coefficient (Wildman–Crippen LogP) is 4.63. The molecule has 138 valence electrons. The molecule has 0 saturated carbocycles. The quantitative estimate of drug-likeness (QED) is 0.694. The molecule has 0 heterocycles. The fourth-order valence-electron chi connectivity index (χ4n) is 2.74. The lowest BCUT2D eigenvalue weighted by Gasteiger charge is -2.12. The van der Waals surface area contributed by atoms with Crippen molar-refractivity contribution in [2.45, 2.75) is 0 Å². The second-order valence-electron chi connectivity index (χ2n) is 5.83. The van der Waals surface area contributed by atoms with Crippen molar-refractivity contribution < 1.29 is 19.0 Å². The summed E-state index contributed by atoms with van der Waals surface area (Å²) >= 11 is 0. The van der Waals surface area contributed by atoms with Gasteiger partial charge in [-0.1, -0.05) is 12.1 Å². The summed E-state index contributed by atoms with van der Waals surface area (Å²) in [5.41, 5.74) is 2.95. The minimum Gasteiger partial charge on any atom is -0.497 e. The van der Waals surface area contributed by atoms with E-state index >= 15 is 0 Å². The van der Waals surface area contributed by atoms with E-state index in [1.165, 1.54) is 0 Å². The van der Waals surface area contributed by atoms with E-state index in [9.17, 15) is 4.79 Å². The molecule has 0 aliphatic heterocycles. The van der Waals surface area contributed by atoms with Crippen LogP contribution in [0.25, 0.3) is 11.1 Å². The van der Waals surface area contributed by atoms with Crippen molar-refractivity contribution in [3.63, 3.8) is 0 Å². The summed E-state index contributed by atoms with van der Waals surface area (Å²) in [4.78, 5) is 12.7. The maximum Gasteiger partial charge on any atom is 0.255 e. The molecule has 0 aromatic heterocycles. The topological polar surface area (TPSA) is 56.8 Å². The van der Waals surface area contributed by atoms with Gasteiger partial charge in [-0.2, -0.15) is 0 Å². The zero-order chi connectivity index (χ0) is 19.2. The van der Waals surface area contributed by atoms with Crippen molar-refractivity contribution in [2.75, 3.05) is 26.6 Å². The van der Waals surface area contributed by atoms with Gasteiger partial charge in [0.2, 0.25) is 0 Å². The Kier molecular flexibility index (Phi) is 5.61. The first-order chi connectivity index (χ1) is 13.1. The Bertz CT molecular complexity index is 935. The maximum absolute atomic E-state index is 12.7.